The van der Waals surface area contributed by atoms with E-state index in [1.54, 1.807) is 31.2 Å². The van der Waals surface area contributed by atoms with Gasteiger partial charge in [-0.25, -0.2) is 4.68 Å². The molecule has 2 aromatic rings. The van der Waals surface area contributed by atoms with Gasteiger partial charge in [0.1, 0.15) is 0 Å². The van der Waals surface area contributed by atoms with Crippen LogP contribution in [0.25, 0.3) is 5.69 Å². The van der Waals surface area contributed by atoms with Gasteiger partial charge in [0.05, 0.1) is 17.4 Å². The molecule has 5 nitrogen and oxygen atoms in total. The lowest BCUT2D eigenvalue weighted by Crippen LogP contribution is -2.43. The summed E-state index contributed by atoms with van der Waals surface area (Å²) in [5.74, 6) is -0.737. The number of nitrogens with zero attached hydrogens (tertiary/aromatic N) is 2. The highest BCUT2D eigenvalue weighted by molar-refractivity contribution is 5.95. The molecule has 1 saturated heterocycles. The number of nitrogens with one attached hydrogen (secondary N) is 2. The maximum absolute atomic E-state index is 13.6. The molecule has 0 saturated carbocycles. The maximum Gasteiger partial charge on any atom is 0.434 e. The van der Waals surface area contributed by atoms with E-state index in [-0.39, 0.29) is 6.04 Å². The molecule has 1 aliphatic rings. The Hall–Kier alpha value is -2.35. The topological polar surface area (TPSA) is 59.0 Å². The highest BCUT2D eigenvalue weighted by Crippen LogP contribution is 2.34. The van der Waals surface area contributed by atoms with Crippen LogP contribution < -0.4 is 10.6 Å². The van der Waals surface area contributed by atoms with Crippen molar-refractivity contribution < 1.29 is 18.0 Å². The molecular weight excluding hydrogens is 333 g/mol. The minimum absolute atomic E-state index is 0.128. The Morgan fingerprint density at radius 1 is 1.28 bits per heavy atom. The van der Waals surface area contributed by atoms with E-state index >= 15 is 0 Å². The summed E-state index contributed by atoms with van der Waals surface area (Å²) in [5.41, 5.74) is -0.556. The van der Waals surface area contributed by atoms with Crippen LogP contribution in [-0.4, -0.2) is 34.8 Å². The Kier molecular flexibility index (Phi) is 4.80. The largest absolute Gasteiger partial charge is 0.434 e. The van der Waals surface area contributed by atoms with E-state index in [2.05, 4.69) is 15.7 Å². The predicted octanol–water partition coefficient (Wildman–Crippen LogP) is 2.68. The van der Waals surface area contributed by atoms with Crippen molar-refractivity contribution >= 4 is 5.91 Å². The number of benzene rings is 1. The average Bonchev–Trinajstić information content (AvgIpc) is 3.01. The summed E-state index contributed by atoms with van der Waals surface area (Å²) >= 11 is 0. The van der Waals surface area contributed by atoms with Crippen molar-refractivity contribution in [1.82, 2.24) is 20.4 Å². The second-order valence-corrected chi connectivity index (χ2v) is 6.10. The van der Waals surface area contributed by atoms with Crippen molar-refractivity contribution in [2.24, 2.45) is 0 Å². The zero-order valence-corrected chi connectivity index (χ0v) is 13.7. The van der Waals surface area contributed by atoms with Crippen molar-refractivity contribution in [3.05, 3.63) is 47.3 Å². The van der Waals surface area contributed by atoms with Gasteiger partial charge >= 0.3 is 6.18 Å². The van der Waals surface area contributed by atoms with Gasteiger partial charge in [0.2, 0.25) is 0 Å². The number of alkyl halides is 3. The first-order valence-corrected chi connectivity index (χ1v) is 8.10. The Bertz CT molecular complexity index is 763. The number of amides is 1. The van der Waals surface area contributed by atoms with Gasteiger partial charge in [-0.05, 0) is 44.5 Å². The Morgan fingerprint density at radius 2 is 1.96 bits per heavy atom. The monoisotopic (exact) mass is 352 g/mol. The molecule has 0 bridgehead atoms. The van der Waals surface area contributed by atoms with Gasteiger partial charge in [-0.15, -0.1) is 0 Å². The fraction of sp³-hybridized carbons (Fsp3) is 0.412. The van der Waals surface area contributed by atoms with Gasteiger partial charge in [0.25, 0.3) is 5.91 Å². The number of hydrogen-bond acceptors (Lipinski definition) is 3. The third-order valence-corrected chi connectivity index (χ3v) is 4.30. The molecule has 0 spiro atoms. The zero-order chi connectivity index (χ0) is 18.0. The third kappa shape index (κ3) is 3.68. The number of carbonyl (C=O) groups is 1. The first-order valence-electron chi connectivity index (χ1n) is 8.10. The second-order valence-electron chi connectivity index (χ2n) is 6.10. The highest BCUT2D eigenvalue weighted by atomic mass is 19.4. The SMILES string of the molecule is Cc1ccccc1-n1ncc(C(=O)NC2CCNCC2)c1C(F)(F)F. The standard InChI is InChI=1S/C17H19F3N4O/c1-11-4-2-3-5-14(11)24-15(17(18,19)20)13(10-22-24)16(25)23-12-6-8-21-9-7-12/h2-5,10,12,21H,6-9H2,1H3,(H,23,25). The fourth-order valence-corrected chi connectivity index (χ4v) is 3.00. The Morgan fingerprint density at radius 3 is 2.60 bits per heavy atom. The molecule has 134 valence electrons. The summed E-state index contributed by atoms with van der Waals surface area (Å²) in [6.45, 7) is 3.17. The number of aryl methyl sites for hydroxylation is 1. The highest BCUT2D eigenvalue weighted by Gasteiger charge is 2.41. The van der Waals surface area contributed by atoms with Gasteiger partial charge in [0, 0.05) is 6.04 Å². The smallest absolute Gasteiger partial charge is 0.349 e. The number of piperidine rings is 1. The molecule has 1 aliphatic heterocycles. The summed E-state index contributed by atoms with van der Waals surface area (Å²) in [5, 5.41) is 9.69. The lowest BCUT2D eigenvalue weighted by atomic mass is 10.1. The van der Waals surface area contributed by atoms with Gasteiger partial charge in [-0.2, -0.15) is 18.3 Å². The van der Waals surface area contributed by atoms with Crippen LogP contribution in [0.15, 0.2) is 30.5 Å². The number of aromatic nitrogens is 2. The van der Waals surface area contributed by atoms with Crippen LogP contribution >= 0.6 is 0 Å². The van der Waals surface area contributed by atoms with Crippen LogP contribution in [0.4, 0.5) is 13.2 Å². The van der Waals surface area contributed by atoms with Crippen molar-refractivity contribution in [1.29, 1.82) is 0 Å². The summed E-state index contributed by atoms with van der Waals surface area (Å²) in [7, 11) is 0. The average molecular weight is 352 g/mol. The zero-order valence-electron chi connectivity index (χ0n) is 13.7. The first-order chi connectivity index (χ1) is 11.9. The van der Waals surface area contributed by atoms with Crippen LogP contribution in [0.2, 0.25) is 0 Å². The molecule has 0 unspecified atom stereocenters. The molecule has 2 N–H and O–H groups in total. The van der Waals surface area contributed by atoms with E-state index in [9.17, 15) is 18.0 Å². The molecule has 3 rings (SSSR count). The quantitative estimate of drug-likeness (QED) is 0.893. The molecule has 1 aromatic heterocycles. The van der Waals surface area contributed by atoms with Crippen LogP contribution in [-0.2, 0) is 6.18 Å². The lowest BCUT2D eigenvalue weighted by molar-refractivity contribution is -0.143. The van der Waals surface area contributed by atoms with Gasteiger partial charge in [0.15, 0.2) is 5.69 Å². The molecule has 1 fully saturated rings. The van der Waals surface area contributed by atoms with Crippen molar-refractivity contribution in [2.75, 3.05) is 13.1 Å². The first kappa shape index (κ1) is 17.5. The number of halogens is 3. The summed E-state index contributed by atoms with van der Waals surface area (Å²) in [6.07, 6.45) is -2.32. The normalized spacial score (nSPS) is 16.0. The molecule has 1 amide bonds. The van der Waals surface area contributed by atoms with Gasteiger partial charge in [-0.3, -0.25) is 4.79 Å². The number of carbonyl (C=O) groups excluding carboxylic acids is 1. The molecule has 0 radical (unpaired) electrons. The maximum atomic E-state index is 13.6. The van der Waals surface area contributed by atoms with Gasteiger partial charge in [-0.1, -0.05) is 18.2 Å². The number of hydrogen-bond donors (Lipinski definition) is 2. The molecule has 0 aliphatic carbocycles. The molecule has 8 heteroatoms. The summed E-state index contributed by atoms with van der Waals surface area (Å²) in [4.78, 5) is 12.4. The molecule has 2 heterocycles. The van der Waals surface area contributed by atoms with Crippen LogP contribution in [0.1, 0.15) is 34.5 Å². The second kappa shape index (κ2) is 6.87. The van der Waals surface area contributed by atoms with E-state index in [0.29, 0.717) is 24.1 Å². The number of rotatable bonds is 3. The van der Waals surface area contributed by atoms with Crippen molar-refractivity contribution in [3.63, 3.8) is 0 Å². The van der Waals surface area contributed by atoms with Gasteiger partial charge < -0.3 is 10.6 Å². The van der Waals surface area contributed by atoms with E-state index in [4.69, 9.17) is 0 Å². The number of para-hydroxylation sites is 1. The van der Waals surface area contributed by atoms with E-state index < -0.39 is 23.3 Å². The molecule has 0 atom stereocenters. The molecule has 1 aromatic carbocycles. The molecular formula is C17H19F3N4O. The van der Waals surface area contributed by atoms with E-state index in [0.717, 1.165) is 24.0 Å². The fourth-order valence-electron chi connectivity index (χ4n) is 3.00. The van der Waals surface area contributed by atoms with Crippen molar-refractivity contribution in [2.45, 2.75) is 32.0 Å². The Balaban J connectivity index is 1.97. The minimum Gasteiger partial charge on any atom is -0.349 e. The van der Waals surface area contributed by atoms with Crippen LogP contribution in [0.3, 0.4) is 0 Å². The minimum atomic E-state index is -4.69. The third-order valence-electron chi connectivity index (χ3n) is 4.30. The Labute approximate surface area is 143 Å². The lowest BCUT2D eigenvalue weighted by Gasteiger charge is -2.23. The molecule has 25 heavy (non-hydrogen) atoms. The summed E-state index contributed by atoms with van der Waals surface area (Å²) < 4.78 is 41.7. The van der Waals surface area contributed by atoms with Crippen molar-refractivity contribution in [3.8, 4) is 5.69 Å². The van der Waals surface area contributed by atoms with E-state index in [1.165, 1.54) is 0 Å². The van der Waals surface area contributed by atoms with E-state index in [1.807, 2.05) is 0 Å². The van der Waals surface area contributed by atoms with Crippen LogP contribution in [0.5, 0.6) is 0 Å². The summed E-state index contributed by atoms with van der Waals surface area (Å²) in [6, 6.07) is 6.49. The van der Waals surface area contributed by atoms with Crippen LogP contribution in [0, 0.1) is 6.92 Å². The predicted molar refractivity (Wildman–Crippen MR) is 86.7 cm³/mol.